The summed E-state index contributed by atoms with van der Waals surface area (Å²) in [7, 11) is 0. The number of carbonyl (C=O) groups is 1. The molecule has 2 aromatic rings. The lowest BCUT2D eigenvalue weighted by atomic mass is 10.0. The number of para-hydroxylation sites is 1. The fraction of sp³-hybridized carbons (Fsp3) is 0.350. The average Bonchev–Trinajstić information content (AvgIpc) is 2.58. The molecule has 2 aromatic carbocycles. The predicted octanol–water partition coefficient (Wildman–Crippen LogP) is 5.24. The first-order valence-electron chi connectivity index (χ1n) is 8.40. The maximum Gasteiger partial charge on any atom is 0.220 e. The van der Waals surface area contributed by atoms with Crippen LogP contribution in [0.5, 0.6) is 5.75 Å². The molecular formula is C20H23Cl2NO2. The Balaban J connectivity index is 1.74. The van der Waals surface area contributed by atoms with Gasteiger partial charge < -0.3 is 10.1 Å². The predicted molar refractivity (Wildman–Crippen MR) is 104 cm³/mol. The summed E-state index contributed by atoms with van der Waals surface area (Å²) in [5.74, 6) is 1.22. The maximum absolute atomic E-state index is 12.0. The van der Waals surface area contributed by atoms with Gasteiger partial charge in [-0.2, -0.15) is 0 Å². The van der Waals surface area contributed by atoms with E-state index in [9.17, 15) is 4.79 Å². The van der Waals surface area contributed by atoms with Gasteiger partial charge in [0, 0.05) is 16.5 Å². The summed E-state index contributed by atoms with van der Waals surface area (Å²) < 4.78 is 5.79. The van der Waals surface area contributed by atoms with Gasteiger partial charge >= 0.3 is 0 Å². The van der Waals surface area contributed by atoms with E-state index in [2.05, 4.69) is 25.2 Å². The molecule has 25 heavy (non-hydrogen) atoms. The smallest absolute Gasteiger partial charge is 0.220 e. The molecule has 134 valence electrons. The molecule has 5 heteroatoms. The Kier molecular flexibility index (Phi) is 7.60. The van der Waals surface area contributed by atoms with Crippen molar-refractivity contribution in [2.24, 2.45) is 0 Å². The van der Waals surface area contributed by atoms with Crippen molar-refractivity contribution in [3.05, 3.63) is 63.6 Å². The third-order valence-electron chi connectivity index (χ3n) is 3.89. The summed E-state index contributed by atoms with van der Waals surface area (Å²) >= 11 is 12.2. The molecule has 0 aliphatic carbocycles. The highest BCUT2D eigenvalue weighted by Gasteiger charge is 2.09. The van der Waals surface area contributed by atoms with E-state index in [1.807, 2.05) is 18.2 Å². The average molecular weight is 380 g/mol. The first-order valence-corrected chi connectivity index (χ1v) is 9.16. The Labute approximate surface area is 159 Å². The van der Waals surface area contributed by atoms with Gasteiger partial charge in [-0.3, -0.25) is 4.79 Å². The van der Waals surface area contributed by atoms with Crippen LogP contribution in [0.4, 0.5) is 0 Å². The summed E-state index contributed by atoms with van der Waals surface area (Å²) in [5.41, 5.74) is 1.98. The quantitative estimate of drug-likeness (QED) is 0.636. The van der Waals surface area contributed by atoms with Crippen molar-refractivity contribution in [1.82, 2.24) is 5.32 Å². The standard InChI is InChI=1S/C20H23Cl2NO2/c1-14(2)15-6-3-4-9-19(15)25-13-12-23-20(24)11-10-16-17(21)7-5-8-18(16)22/h3-9,14H,10-13H2,1-2H3,(H,23,24). The van der Waals surface area contributed by atoms with Gasteiger partial charge in [-0.15, -0.1) is 0 Å². The molecule has 0 spiro atoms. The second kappa shape index (κ2) is 9.69. The molecule has 0 saturated carbocycles. The minimum absolute atomic E-state index is 0.0447. The van der Waals surface area contributed by atoms with Gasteiger partial charge in [-0.25, -0.2) is 0 Å². The molecule has 0 aromatic heterocycles. The van der Waals surface area contributed by atoms with Gasteiger partial charge in [0.15, 0.2) is 0 Å². The van der Waals surface area contributed by atoms with E-state index >= 15 is 0 Å². The number of hydrogen-bond donors (Lipinski definition) is 1. The highest BCUT2D eigenvalue weighted by atomic mass is 35.5. The van der Waals surface area contributed by atoms with E-state index in [-0.39, 0.29) is 5.91 Å². The van der Waals surface area contributed by atoms with Crippen molar-refractivity contribution in [3.8, 4) is 5.75 Å². The van der Waals surface area contributed by atoms with Crippen molar-refractivity contribution in [3.63, 3.8) is 0 Å². The van der Waals surface area contributed by atoms with Gasteiger partial charge in [0.1, 0.15) is 12.4 Å². The largest absolute Gasteiger partial charge is 0.491 e. The van der Waals surface area contributed by atoms with Crippen LogP contribution < -0.4 is 10.1 Å². The monoisotopic (exact) mass is 379 g/mol. The highest BCUT2D eigenvalue weighted by molar-refractivity contribution is 6.36. The topological polar surface area (TPSA) is 38.3 Å². The summed E-state index contributed by atoms with van der Waals surface area (Å²) in [6, 6.07) is 13.3. The molecule has 0 bridgehead atoms. The number of halogens is 2. The van der Waals surface area contributed by atoms with Crippen LogP contribution in [-0.4, -0.2) is 19.1 Å². The number of benzene rings is 2. The molecule has 0 heterocycles. The van der Waals surface area contributed by atoms with E-state index in [1.54, 1.807) is 18.2 Å². The normalized spacial score (nSPS) is 10.8. The Morgan fingerprint density at radius 3 is 2.44 bits per heavy atom. The maximum atomic E-state index is 12.0. The van der Waals surface area contributed by atoms with Crippen molar-refractivity contribution >= 4 is 29.1 Å². The first-order chi connectivity index (χ1) is 12.0. The van der Waals surface area contributed by atoms with Crippen LogP contribution in [0.25, 0.3) is 0 Å². The molecular weight excluding hydrogens is 357 g/mol. The van der Waals surface area contributed by atoms with Crippen molar-refractivity contribution in [1.29, 1.82) is 0 Å². The van der Waals surface area contributed by atoms with Gasteiger partial charge in [-0.05, 0) is 41.7 Å². The number of carbonyl (C=O) groups excluding carboxylic acids is 1. The minimum Gasteiger partial charge on any atom is -0.491 e. The minimum atomic E-state index is -0.0447. The lowest BCUT2D eigenvalue weighted by Gasteiger charge is -2.14. The zero-order chi connectivity index (χ0) is 18.2. The molecule has 2 rings (SSSR count). The summed E-state index contributed by atoms with van der Waals surface area (Å²) in [4.78, 5) is 12.0. The van der Waals surface area contributed by atoms with Crippen molar-refractivity contribution < 1.29 is 9.53 Å². The molecule has 0 aliphatic rings. The summed E-state index contributed by atoms with van der Waals surface area (Å²) in [5, 5.41) is 4.04. The van der Waals surface area contributed by atoms with Crippen LogP contribution in [0.1, 0.15) is 37.3 Å². The molecule has 1 N–H and O–H groups in total. The van der Waals surface area contributed by atoms with Gasteiger partial charge in [0.05, 0.1) is 6.54 Å². The molecule has 0 saturated heterocycles. The number of ether oxygens (including phenoxy) is 1. The first kappa shape index (κ1) is 19.6. The van der Waals surface area contributed by atoms with Crippen molar-refractivity contribution in [2.45, 2.75) is 32.6 Å². The molecule has 0 unspecified atom stereocenters. The molecule has 3 nitrogen and oxygen atoms in total. The number of hydrogen-bond acceptors (Lipinski definition) is 2. The number of rotatable bonds is 8. The van der Waals surface area contributed by atoms with E-state index in [4.69, 9.17) is 27.9 Å². The van der Waals surface area contributed by atoms with Gasteiger partial charge in [-0.1, -0.05) is 61.3 Å². The van der Waals surface area contributed by atoms with Crippen molar-refractivity contribution in [2.75, 3.05) is 13.2 Å². The third-order valence-corrected chi connectivity index (χ3v) is 4.59. The lowest BCUT2D eigenvalue weighted by molar-refractivity contribution is -0.121. The Morgan fingerprint density at radius 2 is 1.76 bits per heavy atom. The SMILES string of the molecule is CC(C)c1ccccc1OCCNC(=O)CCc1c(Cl)cccc1Cl. The highest BCUT2D eigenvalue weighted by Crippen LogP contribution is 2.26. The second-order valence-corrected chi connectivity index (χ2v) is 6.91. The molecule has 0 aliphatic heterocycles. The van der Waals surface area contributed by atoms with Crippen LogP contribution in [0.2, 0.25) is 10.0 Å². The van der Waals surface area contributed by atoms with Gasteiger partial charge in [0.2, 0.25) is 5.91 Å². The lowest BCUT2D eigenvalue weighted by Crippen LogP contribution is -2.28. The summed E-state index contributed by atoms with van der Waals surface area (Å²) in [6.45, 7) is 5.15. The zero-order valence-corrected chi connectivity index (χ0v) is 16.0. The Bertz CT molecular complexity index is 696. The van der Waals surface area contributed by atoms with Crippen LogP contribution in [-0.2, 0) is 11.2 Å². The molecule has 1 amide bonds. The second-order valence-electron chi connectivity index (χ2n) is 6.09. The fourth-order valence-corrected chi connectivity index (χ4v) is 3.12. The van der Waals surface area contributed by atoms with Crippen LogP contribution in [0, 0.1) is 0 Å². The van der Waals surface area contributed by atoms with E-state index in [0.29, 0.717) is 42.0 Å². The molecule has 0 radical (unpaired) electrons. The van der Waals surface area contributed by atoms with E-state index in [1.165, 1.54) is 5.56 Å². The third kappa shape index (κ3) is 5.94. The Morgan fingerprint density at radius 1 is 1.08 bits per heavy atom. The van der Waals surface area contributed by atoms with Crippen LogP contribution >= 0.6 is 23.2 Å². The van der Waals surface area contributed by atoms with E-state index in [0.717, 1.165) is 11.3 Å². The van der Waals surface area contributed by atoms with Gasteiger partial charge in [0.25, 0.3) is 0 Å². The Hall–Kier alpha value is -1.71. The van der Waals surface area contributed by atoms with Crippen LogP contribution in [0.3, 0.4) is 0 Å². The summed E-state index contributed by atoms with van der Waals surface area (Å²) in [6.07, 6.45) is 0.855. The zero-order valence-electron chi connectivity index (χ0n) is 14.5. The fourth-order valence-electron chi connectivity index (χ4n) is 2.54. The number of nitrogens with one attached hydrogen (secondary N) is 1. The molecule has 0 fully saturated rings. The number of amides is 1. The van der Waals surface area contributed by atoms with Crippen LogP contribution in [0.15, 0.2) is 42.5 Å². The van der Waals surface area contributed by atoms with E-state index < -0.39 is 0 Å². The molecule has 0 atom stereocenters.